The molecule has 1 aliphatic rings. The van der Waals surface area contributed by atoms with Crippen LogP contribution in [-0.4, -0.2) is 59.8 Å². The predicted molar refractivity (Wildman–Crippen MR) is 121 cm³/mol. The number of benzene rings is 2. The molecule has 9 heteroatoms. The number of likely N-dealkylation sites (tertiary alicyclic amines) is 1. The van der Waals surface area contributed by atoms with E-state index in [4.69, 9.17) is 4.74 Å². The summed E-state index contributed by atoms with van der Waals surface area (Å²) in [5.74, 6) is -0.618. The molecule has 0 bridgehead atoms. The first-order chi connectivity index (χ1) is 15.3. The van der Waals surface area contributed by atoms with Gasteiger partial charge in [0, 0.05) is 51.8 Å². The van der Waals surface area contributed by atoms with Crippen LogP contribution < -0.4 is 10.1 Å². The number of carbonyl (C=O) groups excluding carboxylic acids is 2. The number of carbonyl (C=O) groups is 2. The van der Waals surface area contributed by atoms with Crippen molar-refractivity contribution in [1.82, 2.24) is 9.80 Å². The van der Waals surface area contributed by atoms with E-state index in [0.717, 1.165) is 32.5 Å². The van der Waals surface area contributed by atoms with Crippen LogP contribution >= 0.6 is 0 Å². The Kier molecular flexibility index (Phi) is 7.42. The summed E-state index contributed by atoms with van der Waals surface area (Å²) in [6, 6.07) is 12.8. The van der Waals surface area contributed by atoms with Crippen molar-refractivity contribution in [2.75, 3.05) is 32.6 Å². The van der Waals surface area contributed by atoms with Crippen LogP contribution in [0.15, 0.2) is 42.5 Å². The van der Waals surface area contributed by atoms with E-state index in [1.807, 2.05) is 18.2 Å². The maximum Gasteiger partial charge on any atom is 0.293 e. The molecular weight excluding hydrogens is 412 g/mol. The van der Waals surface area contributed by atoms with E-state index in [2.05, 4.69) is 22.3 Å². The number of anilines is 1. The minimum atomic E-state index is -0.621. The molecule has 1 aliphatic heterocycles. The number of ether oxygens (including phenoxy) is 1. The number of hydrogen-bond donors (Lipinski definition) is 1. The molecular formula is C23H28N4O5. The highest BCUT2D eigenvalue weighted by atomic mass is 16.6. The summed E-state index contributed by atoms with van der Waals surface area (Å²) in [6.07, 6.45) is 1.62. The number of methoxy groups -OCH3 is 1. The zero-order valence-electron chi connectivity index (χ0n) is 18.5. The summed E-state index contributed by atoms with van der Waals surface area (Å²) in [7, 11) is 3.10. The molecule has 2 amide bonds. The summed E-state index contributed by atoms with van der Waals surface area (Å²) in [5.41, 5.74) is 0.998. The van der Waals surface area contributed by atoms with Crippen molar-refractivity contribution in [3.8, 4) is 5.75 Å². The van der Waals surface area contributed by atoms with Crippen molar-refractivity contribution in [3.63, 3.8) is 0 Å². The van der Waals surface area contributed by atoms with Gasteiger partial charge in [0.05, 0.1) is 17.6 Å². The number of nitrogens with zero attached hydrogens (tertiary/aromatic N) is 3. The van der Waals surface area contributed by atoms with Gasteiger partial charge in [-0.2, -0.15) is 0 Å². The number of rotatable bonds is 7. The molecule has 0 aliphatic carbocycles. The predicted octanol–water partition coefficient (Wildman–Crippen LogP) is 3.30. The molecule has 0 unspecified atom stereocenters. The third kappa shape index (κ3) is 5.42. The minimum absolute atomic E-state index is 0.00669. The number of nitro benzene ring substituents is 1. The standard InChI is InChI=1S/C23H28N4O5/c1-16(28)24-20-14-22(32-3)19(13-21(20)27(30)31)23(29)25(2)18-9-11-26(12-10-18)15-17-7-5-4-6-8-17/h4-8,13-14,18H,9-12,15H2,1-3H3,(H,24,28). The summed E-state index contributed by atoms with van der Waals surface area (Å²) in [5, 5.41) is 13.9. The Morgan fingerprint density at radius 1 is 1.22 bits per heavy atom. The van der Waals surface area contributed by atoms with E-state index in [-0.39, 0.29) is 34.6 Å². The second-order valence-corrected chi connectivity index (χ2v) is 7.92. The van der Waals surface area contributed by atoms with Gasteiger partial charge in [-0.25, -0.2) is 0 Å². The molecule has 1 heterocycles. The van der Waals surface area contributed by atoms with Crippen molar-refractivity contribution >= 4 is 23.2 Å². The smallest absolute Gasteiger partial charge is 0.293 e. The van der Waals surface area contributed by atoms with Gasteiger partial charge in [-0.15, -0.1) is 0 Å². The lowest BCUT2D eigenvalue weighted by atomic mass is 10.0. The Morgan fingerprint density at radius 3 is 2.44 bits per heavy atom. The van der Waals surface area contributed by atoms with Crippen LogP contribution in [0.1, 0.15) is 35.7 Å². The third-order valence-electron chi connectivity index (χ3n) is 5.73. The van der Waals surface area contributed by atoms with E-state index < -0.39 is 10.8 Å². The van der Waals surface area contributed by atoms with Crippen LogP contribution in [0.2, 0.25) is 0 Å². The van der Waals surface area contributed by atoms with Crippen LogP contribution in [0.3, 0.4) is 0 Å². The quantitative estimate of drug-likeness (QED) is 0.523. The molecule has 3 rings (SSSR count). The molecule has 2 aromatic rings. The van der Waals surface area contributed by atoms with Crippen LogP contribution in [0.5, 0.6) is 5.75 Å². The van der Waals surface area contributed by atoms with Gasteiger partial charge in [-0.05, 0) is 18.4 Å². The summed E-state index contributed by atoms with van der Waals surface area (Å²) >= 11 is 0. The molecule has 0 aromatic heterocycles. The third-order valence-corrected chi connectivity index (χ3v) is 5.73. The lowest BCUT2D eigenvalue weighted by molar-refractivity contribution is -0.384. The largest absolute Gasteiger partial charge is 0.496 e. The summed E-state index contributed by atoms with van der Waals surface area (Å²) < 4.78 is 5.31. The normalized spacial score (nSPS) is 14.6. The van der Waals surface area contributed by atoms with Crippen molar-refractivity contribution < 1.29 is 19.2 Å². The lowest BCUT2D eigenvalue weighted by Crippen LogP contribution is -2.45. The number of nitrogens with one attached hydrogen (secondary N) is 1. The zero-order valence-corrected chi connectivity index (χ0v) is 18.5. The van der Waals surface area contributed by atoms with E-state index in [0.29, 0.717) is 0 Å². The average Bonchev–Trinajstić information content (AvgIpc) is 2.78. The minimum Gasteiger partial charge on any atom is -0.496 e. The summed E-state index contributed by atoms with van der Waals surface area (Å²) in [6.45, 7) is 3.84. The summed E-state index contributed by atoms with van der Waals surface area (Å²) in [4.78, 5) is 39.5. The van der Waals surface area contributed by atoms with Crippen molar-refractivity contribution in [3.05, 3.63) is 63.7 Å². The van der Waals surface area contributed by atoms with Gasteiger partial charge in [0.2, 0.25) is 5.91 Å². The molecule has 0 radical (unpaired) electrons. The highest BCUT2D eigenvalue weighted by Gasteiger charge is 2.30. The number of amides is 2. The zero-order chi connectivity index (χ0) is 23.3. The maximum absolute atomic E-state index is 13.2. The first-order valence-corrected chi connectivity index (χ1v) is 10.5. The second kappa shape index (κ2) is 10.2. The topological polar surface area (TPSA) is 105 Å². The monoisotopic (exact) mass is 440 g/mol. The molecule has 0 spiro atoms. The van der Waals surface area contributed by atoms with Gasteiger partial charge in [-0.3, -0.25) is 24.6 Å². The van der Waals surface area contributed by atoms with Gasteiger partial charge >= 0.3 is 0 Å². The molecule has 1 fully saturated rings. The van der Waals surface area contributed by atoms with Gasteiger partial charge in [0.15, 0.2) is 0 Å². The van der Waals surface area contributed by atoms with Gasteiger partial charge in [-0.1, -0.05) is 30.3 Å². The SMILES string of the molecule is COc1cc(NC(C)=O)c([N+](=O)[O-])cc1C(=O)N(C)C1CCN(Cc2ccccc2)CC1. The fourth-order valence-electron chi connectivity index (χ4n) is 4.01. The van der Waals surface area contributed by atoms with Gasteiger partial charge in [0.1, 0.15) is 11.4 Å². The Balaban J connectivity index is 1.73. The van der Waals surface area contributed by atoms with E-state index in [1.165, 1.54) is 31.7 Å². The van der Waals surface area contributed by atoms with E-state index >= 15 is 0 Å². The Bertz CT molecular complexity index is 987. The molecule has 0 saturated carbocycles. The van der Waals surface area contributed by atoms with Crippen molar-refractivity contribution in [1.29, 1.82) is 0 Å². The first kappa shape index (κ1) is 23.2. The fourth-order valence-corrected chi connectivity index (χ4v) is 4.01. The number of nitro groups is 1. The number of piperidine rings is 1. The van der Waals surface area contributed by atoms with Crippen LogP contribution in [-0.2, 0) is 11.3 Å². The van der Waals surface area contributed by atoms with Crippen LogP contribution in [0.4, 0.5) is 11.4 Å². The second-order valence-electron chi connectivity index (χ2n) is 7.92. The molecule has 170 valence electrons. The van der Waals surface area contributed by atoms with Gasteiger partial charge < -0.3 is 15.0 Å². The first-order valence-electron chi connectivity index (χ1n) is 10.5. The maximum atomic E-state index is 13.2. The highest BCUT2D eigenvalue weighted by molar-refractivity contribution is 6.00. The molecule has 32 heavy (non-hydrogen) atoms. The van der Waals surface area contributed by atoms with E-state index in [9.17, 15) is 19.7 Å². The van der Waals surface area contributed by atoms with E-state index in [1.54, 1.807) is 11.9 Å². The molecule has 2 aromatic carbocycles. The molecule has 1 saturated heterocycles. The number of hydrogen-bond acceptors (Lipinski definition) is 6. The molecule has 9 nitrogen and oxygen atoms in total. The molecule has 0 atom stereocenters. The molecule has 1 N–H and O–H groups in total. The Hall–Kier alpha value is -3.46. The van der Waals surface area contributed by atoms with Crippen molar-refractivity contribution in [2.24, 2.45) is 0 Å². The van der Waals surface area contributed by atoms with Crippen molar-refractivity contribution in [2.45, 2.75) is 32.4 Å². The fraction of sp³-hybridized carbons (Fsp3) is 0.391. The lowest BCUT2D eigenvalue weighted by Gasteiger charge is -2.37. The highest BCUT2D eigenvalue weighted by Crippen LogP contribution is 2.34. The van der Waals surface area contributed by atoms with Crippen LogP contribution in [0, 0.1) is 10.1 Å². The Labute approximate surface area is 187 Å². The van der Waals surface area contributed by atoms with Gasteiger partial charge in [0.25, 0.3) is 11.6 Å². The van der Waals surface area contributed by atoms with Crippen LogP contribution in [0.25, 0.3) is 0 Å². The average molecular weight is 441 g/mol. The Morgan fingerprint density at radius 2 is 1.88 bits per heavy atom.